The van der Waals surface area contributed by atoms with Crippen LogP contribution >= 0.6 is 0 Å². The Balaban J connectivity index is 0.00000143. The first-order valence-corrected chi connectivity index (χ1v) is 11.6. The highest BCUT2D eigenvalue weighted by atomic mass is 16.7. The van der Waals surface area contributed by atoms with Gasteiger partial charge in [-0.25, -0.2) is 9.59 Å². The number of esters is 2. The monoisotopic (exact) mass is 498 g/mol. The van der Waals surface area contributed by atoms with E-state index in [1.807, 2.05) is 6.92 Å². The average molecular weight is 499 g/mol. The zero-order chi connectivity index (χ0) is 26.9. The van der Waals surface area contributed by atoms with E-state index in [2.05, 4.69) is 0 Å². The number of hydrogen-bond donors (Lipinski definition) is 4. The molecule has 0 bridgehead atoms. The Labute approximate surface area is 205 Å². The van der Waals surface area contributed by atoms with Gasteiger partial charge in [0.2, 0.25) is 6.29 Å². The lowest BCUT2D eigenvalue weighted by atomic mass is 9.97. The van der Waals surface area contributed by atoms with Crippen LogP contribution in [0.5, 0.6) is 0 Å². The number of carboxylic acid groups (broad SMARTS) is 2. The van der Waals surface area contributed by atoms with E-state index in [9.17, 15) is 24.3 Å². The Morgan fingerprint density at radius 3 is 1.91 bits per heavy atom. The van der Waals surface area contributed by atoms with Gasteiger partial charge in [0, 0.05) is 24.7 Å². The van der Waals surface area contributed by atoms with Crippen LogP contribution in [0, 0.1) is 5.41 Å². The lowest BCUT2D eigenvalue weighted by Gasteiger charge is -2.19. The van der Waals surface area contributed by atoms with E-state index in [-0.39, 0.29) is 42.6 Å². The van der Waals surface area contributed by atoms with Crippen molar-refractivity contribution >= 4 is 23.9 Å². The highest BCUT2D eigenvalue weighted by molar-refractivity contribution is 6.02. The molecule has 0 spiro atoms. The summed E-state index contributed by atoms with van der Waals surface area (Å²) >= 11 is 0. The van der Waals surface area contributed by atoms with E-state index in [1.54, 1.807) is 13.8 Å². The number of ether oxygens (including phenoxy) is 2. The summed E-state index contributed by atoms with van der Waals surface area (Å²) in [6.45, 7) is 5.69. The van der Waals surface area contributed by atoms with Gasteiger partial charge in [-0.15, -0.1) is 0 Å². The third kappa shape index (κ3) is 14.8. The molecule has 1 aromatic rings. The molecule has 0 fully saturated rings. The van der Waals surface area contributed by atoms with Crippen molar-refractivity contribution in [2.45, 2.75) is 78.4 Å². The van der Waals surface area contributed by atoms with Gasteiger partial charge in [-0.2, -0.15) is 0 Å². The molecule has 35 heavy (non-hydrogen) atoms. The van der Waals surface area contributed by atoms with Crippen LogP contribution < -0.4 is 0 Å². The van der Waals surface area contributed by atoms with Crippen molar-refractivity contribution in [2.24, 2.45) is 5.41 Å². The van der Waals surface area contributed by atoms with Crippen molar-refractivity contribution < 1.29 is 49.1 Å². The molecular weight excluding hydrogens is 460 g/mol. The minimum Gasteiger partial charge on any atom is -0.481 e. The Kier molecular flexibility index (Phi) is 16.0. The predicted octanol–water partition coefficient (Wildman–Crippen LogP) is 3.63. The van der Waals surface area contributed by atoms with Gasteiger partial charge < -0.3 is 29.9 Å². The van der Waals surface area contributed by atoms with Crippen LogP contribution in [0.4, 0.5) is 0 Å². The van der Waals surface area contributed by atoms with Gasteiger partial charge in [0.25, 0.3) is 0 Å². The first kappa shape index (κ1) is 32.0. The molecule has 1 rings (SSSR count). The largest absolute Gasteiger partial charge is 0.481 e. The zero-order valence-corrected chi connectivity index (χ0v) is 20.7. The molecule has 0 aromatic heterocycles. The number of carbonyl (C=O) groups excluding carboxylic acids is 2. The predicted molar refractivity (Wildman–Crippen MR) is 127 cm³/mol. The molecule has 0 aliphatic carbocycles. The third-order valence-electron chi connectivity index (χ3n) is 4.80. The number of unbranched alkanes of at least 4 members (excludes halogenated alkanes) is 3. The highest BCUT2D eigenvalue weighted by Gasteiger charge is 2.23. The molecule has 0 saturated carbocycles. The molecule has 1 unspecified atom stereocenters. The lowest BCUT2D eigenvalue weighted by molar-refractivity contribution is -0.170. The molecule has 10 nitrogen and oxygen atoms in total. The minimum atomic E-state index is -1.26. The maximum Gasteiger partial charge on any atom is 0.342 e. The first-order chi connectivity index (χ1) is 16.5. The van der Waals surface area contributed by atoms with Gasteiger partial charge in [-0.1, -0.05) is 45.7 Å². The van der Waals surface area contributed by atoms with Crippen molar-refractivity contribution in [1.29, 1.82) is 0 Å². The molecular formula is C25H38O10. The summed E-state index contributed by atoms with van der Waals surface area (Å²) in [5.74, 6) is -3.66. The molecule has 1 aromatic carbocycles. The van der Waals surface area contributed by atoms with E-state index >= 15 is 0 Å². The van der Waals surface area contributed by atoms with Crippen molar-refractivity contribution in [1.82, 2.24) is 0 Å². The van der Waals surface area contributed by atoms with Crippen LogP contribution in [0.15, 0.2) is 24.3 Å². The molecule has 1 atom stereocenters. The Morgan fingerprint density at radius 1 is 0.857 bits per heavy atom. The van der Waals surface area contributed by atoms with Crippen LogP contribution in [0.2, 0.25) is 0 Å². The standard InChI is InChI=1S/C20H26O8.C5H12O2/c1-2-3-4-13-18(27-17(23)12-8-7-11-16(21)22)28-20(26)15-10-6-5-9-14(15)19(24)25;1-5(2,3-6)4-7/h5-6,9-10,18H,2-4,7-8,11-13H2,1H3,(H,21,22)(H,24,25);6-7H,3-4H2,1-2H3. The smallest absolute Gasteiger partial charge is 0.342 e. The van der Waals surface area contributed by atoms with Gasteiger partial charge in [0.1, 0.15) is 0 Å². The average Bonchev–Trinajstić information content (AvgIpc) is 2.82. The van der Waals surface area contributed by atoms with E-state index in [1.165, 1.54) is 24.3 Å². The fraction of sp³-hybridized carbons (Fsp3) is 0.600. The fourth-order valence-electron chi connectivity index (χ4n) is 2.53. The second-order valence-electron chi connectivity index (χ2n) is 8.75. The highest BCUT2D eigenvalue weighted by Crippen LogP contribution is 2.16. The van der Waals surface area contributed by atoms with Gasteiger partial charge in [-0.3, -0.25) is 9.59 Å². The zero-order valence-electron chi connectivity index (χ0n) is 20.7. The summed E-state index contributed by atoms with van der Waals surface area (Å²) in [5.41, 5.74) is -0.618. The van der Waals surface area contributed by atoms with Gasteiger partial charge in [0.15, 0.2) is 0 Å². The molecule has 4 N–H and O–H groups in total. The molecule has 0 amide bonds. The number of aliphatic hydroxyl groups excluding tert-OH is 2. The number of benzene rings is 1. The van der Waals surface area contributed by atoms with Crippen LogP contribution in [0.3, 0.4) is 0 Å². The number of carboxylic acids is 2. The number of hydrogen-bond acceptors (Lipinski definition) is 8. The third-order valence-corrected chi connectivity index (χ3v) is 4.80. The molecule has 0 heterocycles. The van der Waals surface area contributed by atoms with Crippen molar-refractivity contribution in [3.8, 4) is 0 Å². The Morgan fingerprint density at radius 2 is 1.43 bits per heavy atom. The maximum atomic E-state index is 12.4. The first-order valence-electron chi connectivity index (χ1n) is 11.6. The lowest BCUT2D eigenvalue weighted by Crippen LogP contribution is -2.25. The summed E-state index contributed by atoms with van der Waals surface area (Å²) in [7, 11) is 0. The van der Waals surface area contributed by atoms with Crippen molar-refractivity contribution in [2.75, 3.05) is 13.2 Å². The van der Waals surface area contributed by atoms with E-state index < -0.39 is 30.2 Å². The van der Waals surface area contributed by atoms with Crippen LogP contribution in [0.1, 0.15) is 92.9 Å². The Hall–Kier alpha value is -2.98. The second kappa shape index (κ2) is 17.5. The van der Waals surface area contributed by atoms with E-state index in [0.29, 0.717) is 25.7 Å². The van der Waals surface area contributed by atoms with Crippen molar-refractivity contribution in [3.05, 3.63) is 35.4 Å². The molecule has 0 aliphatic heterocycles. The van der Waals surface area contributed by atoms with Gasteiger partial charge in [-0.05, 0) is 31.4 Å². The summed E-state index contributed by atoms with van der Waals surface area (Å²) in [6.07, 6.45) is 2.31. The van der Waals surface area contributed by atoms with Crippen LogP contribution in [0.25, 0.3) is 0 Å². The number of aliphatic carboxylic acids is 1. The van der Waals surface area contributed by atoms with Gasteiger partial charge in [0.05, 0.1) is 24.3 Å². The number of aromatic carboxylic acids is 1. The number of carbonyl (C=O) groups is 4. The van der Waals surface area contributed by atoms with E-state index in [0.717, 1.165) is 12.8 Å². The van der Waals surface area contributed by atoms with Crippen molar-refractivity contribution in [3.63, 3.8) is 0 Å². The van der Waals surface area contributed by atoms with E-state index in [4.69, 9.17) is 24.8 Å². The Bertz CT molecular complexity index is 797. The van der Waals surface area contributed by atoms with Crippen LogP contribution in [-0.2, 0) is 19.1 Å². The summed E-state index contributed by atoms with van der Waals surface area (Å²) < 4.78 is 10.5. The normalized spacial score (nSPS) is 11.6. The molecule has 10 heteroatoms. The maximum absolute atomic E-state index is 12.4. The summed E-state index contributed by atoms with van der Waals surface area (Å²) in [5, 5.41) is 34.7. The quantitative estimate of drug-likeness (QED) is 0.159. The number of rotatable bonds is 15. The molecule has 198 valence electrons. The SMILES string of the molecule is CC(C)(CO)CO.CCCCCC(OC(=O)CCCCC(=O)O)OC(=O)c1ccccc1C(=O)O. The molecule has 0 saturated heterocycles. The number of aliphatic hydroxyl groups is 2. The topological polar surface area (TPSA) is 168 Å². The molecule has 0 aliphatic rings. The minimum absolute atomic E-state index is 0.0147. The van der Waals surface area contributed by atoms with Crippen LogP contribution in [-0.4, -0.2) is 63.8 Å². The molecule has 0 radical (unpaired) electrons. The summed E-state index contributed by atoms with van der Waals surface area (Å²) in [6, 6.07) is 5.64. The summed E-state index contributed by atoms with van der Waals surface area (Å²) in [4.78, 5) is 46.1. The van der Waals surface area contributed by atoms with Gasteiger partial charge >= 0.3 is 23.9 Å². The second-order valence-corrected chi connectivity index (χ2v) is 8.75. The fourth-order valence-corrected chi connectivity index (χ4v) is 2.53.